The number of sulfonamides is 1. The predicted octanol–water partition coefficient (Wildman–Crippen LogP) is 3.18. The van der Waals surface area contributed by atoms with Gasteiger partial charge in [-0.1, -0.05) is 18.2 Å². The van der Waals surface area contributed by atoms with Gasteiger partial charge in [0.1, 0.15) is 0 Å². The highest BCUT2D eigenvalue weighted by Crippen LogP contribution is 2.31. The summed E-state index contributed by atoms with van der Waals surface area (Å²) in [6.45, 7) is 3.53. The van der Waals surface area contributed by atoms with E-state index in [2.05, 4.69) is 20.0 Å². The summed E-state index contributed by atoms with van der Waals surface area (Å²) in [6, 6.07) is 15.0. The predicted molar refractivity (Wildman–Crippen MR) is 107 cm³/mol. The molecule has 0 fully saturated rings. The van der Waals surface area contributed by atoms with Gasteiger partial charge in [-0.3, -0.25) is 0 Å². The Hall–Kier alpha value is -3.46. The van der Waals surface area contributed by atoms with E-state index in [-0.39, 0.29) is 10.8 Å². The fraction of sp³-hybridized carbons (Fsp3) is 0.150. The Morgan fingerprint density at radius 3 is 2.31 bits per heavy atom. The molecule has 0 unspecified atom stereocenters. The van der Waals surface area contributed by atoms with Gasteiger partial charge in [0, 0.05) is 22.6 Å². The van der Waals surface area contributed by atoms with Crippen LogP contribution in [0.25, 0.3) is 0 Å². The number of carbonyl (C=O) groups is 1. The molecule has 29 heavy (non-hydrogen) atoms. The van der Waals surface area contributed by atoms with Crippen molar-refractivity contribution in [2.45, 2.75) is 25.0 Å². The topological polar surface area (TPSA) is 110 Å². The van der Waals surface area contributed by atoms with E-state index in [9.17, 15) is 13.2 Å². The van der Waals surface area contributed by atoms with E-state index in [0.717, 1.165) is 5.56 Å². The molecule has 1 aliphatic rings. The summed E-state index contributed by atoms with van der Waals surface area (Å²) in [5.41, 5.74) is 3.20. The molecule has 2 heterocycles. The second-order valence-corrected chi connectivity index (χ2v) is 8.30. The number of fused-ring (bicyclic) bond motifs is 1. The van der Waals surface area contributed by atoms with Crippen LogP contribution in [-0.2, 0) is 14.8 Å². The summed E-state index contributed by atoms with van der Waals surface area (Å²) < 4.78 is 32.9. The molecule has 9 heteroatoms. The first-order valence-corrected chi connectivity index (χ1v) is 10.3. The zero-order valence-electron chi connectivity index (χ0n) is 15.7. The Bertz CT molecular complexity index is 1170. The van der Waals surface area contributed by atoms with E-state index in [1.807, 2.05) is 12.1 Å². The molecule has 148 valence electrons. The summed E-state index contributed by atoms with van der Waals surface area (Å²) in [5, 5.41) is 3.09. The average Bonchev–Trinajstić information content (AvgIpc) is 2.97. The van der Waals surface area contributed by atoms with Gasteiger partial charge < -0.3 is 10.1 Å². The van der Waals surface area contributed by atoms with Gasteiger partial charge in [0.05, 0.1) is 10.5 Å². The number of ether oxygens (including phenoxy) is 1. The lowest BCUT2D eigenvalue weighted by molar-refractivity contribution is 0.0437. The first kappa shape index (κ1) is 18.9. The van der Waals surface area contributed by atoms with Crippen LogP contribution in [0.15, 0.2) is 59.5 Å². The third-order valence-electron chi connectivity index (χ3n) is 4.36. The maximum Gasteiger partial charge on any atom is 0.340 e. The number of nitrogens with zero attached hydrogens (tertiary/aromatic N) is 2. The summed E-state index contributed by atoms with van der Waals surface area (Å²) in [6.07, 6.45) is -0.622. The zero-order chi connectivity index (χ0) is 20.6. The molecular weight excluding hydrogens is 392 g/mol. The lowest BCUT2D eigenvalue weighted by Gasteiger charge is -2.15. The molecule has 0 radical (unpaired) electrons. The van der Waals surface area contributed by atoms with Crippen molar-refractivity contribution in [3.8, 4) is 0 Å². The Kier molecular flexibility index (Phi) is 4.67. The molecule has 0 amide bonds. The summed E-state index contributed by atoms with van der Waals surface area (Å²) in [5.74, 6) is -0.367. The third-order valence-corrected chi connectivity index (χ3v) is 5.70. The van der Waals surface area contributed by atoms with Gasteiger partial charge in [0.25, 0.3) is 10.0 Å². The van der Waals surface area contributed by atoms with E-state index >= 15 is 0 Å². The van der Waals surface area contributed by atoms with Crippen LogP contribution in [-0.4, -0.2) is 24.4 Å². The normalized spacial score (nSPS) is 15.5. The number of hydrogen-bond acceptors (Lipinski definition) is 7. The van der Waals surface area contributed by atoms with E-state index in [4.69, 9.17) is 4.74 Å². The number of aromatic nitrogens is 2. The molecule has 0 spiro atoms. The first-order valence-electron chi connectivity index (χ1n) is 8.83. The standard InChI is InChI=1S/C20H18N4O4S/c1-12-11-13(2)22-20(21-12)24-29(26,27)15-9-7-14(8-10-15)23-18-16-5-3-4-6-17(16)19(25)28-18/h3-11,18,23H,1-2H3,(H,21,22,24)/t18-/m0/s1. The van der Waals surface area contributed by atoms with Gasteiger partial charge in [-0.2, -0.15) is 0 Å². The van der Waals surface area contributed by atoms with Crippen LogP contribution in [0.5, 0.6) is 0 Å². The van der Waals surface area contributed by atoms with Crippen LogP contribution in [0.2, 0.25) is 0 Å². The molecule has 1 aliphatic heterocycles. The highest BCUT2D eigenvalue weighted by molar-refractivity contribution is 7.92. The van der Waals surface area contributed by atoms with Crippen molar-refractivity contribution < 1.29 is 17.9 Å². The van der Waals surface area contributed by atoms with Gasteiger partial charge in [0.15, 0.2) is 0 Å². The average molecular weight is 410 g/mol. The molecule has 2 N–H and O–H groups in total. The van der Waals surface area contributed by atoms with Crippen molar-refractivity contribution in [2.24, 2.45) is 0 Å². The largest absolute Gasteiger partial charge is 0.434 e. The number of carbonyl (C=O) groups excluding carboxylic acids is 1. The van der Waals surface area contributed by atoms with E-state index in [0.29, 0.717) is 22.6 Å². The van der Waals surface area contributed by atoms with Crippen molar-refractivity contribution >= 4 is 27.6 Å². The van der Waals surface area contributed by atoms with Gasteiger partial charge in [-0.25, -0.2) is 27.9 Å². The monoisotopic (exact) mass is 410 g/mol. The fourth-order valence-electron chi connectivity index (χ4n) is 3.09. The maximum absolute atomic E-state index is 12.6. The molecule has 8 nitrogen and oxygen atoms in total. The molecule has 0 aliphatic carbocycles. The quantitative estimate of drug-likeness (QED) is 0.622. The molecule has 1 aromatic heterocycles. The van der Waals surface area contributed by atoms with Crippen molar-refractivity contribution in [1.82, 2.24) is 9.97 Å². The van der Waals surface area contributed by atoms with Crippen LogP contribution >= 0.6 is 0 Å². The highest BCUT2D eigenvalue weighted by atomic mass is 32.2. The van der Waals surface area contributed by atoms with Crippen LogP contribution in [0, 0.1) is 13.8 Å². The molecule has 3 aromatic rings. The summed E-state index contributed by atoms with van der Waals surface area (Å²) in [7, 11) is -3.84. The molecule has 1 atom stereocenters. The SMILES string of the molecule is Cc1cc(C)nc(NS(=O)(=O)c2ccc(N[C@H]3OC(=O)c4ccccc43)cc2)n1. The Morgan fingerprint density at radius 2 is 1.62 bits per heavy atom. The third kappa shape index (κ3) is 3.90. The summed E-state index contributed by atoms with van der Waals surface area (Å²) >= 11 is 0. The fourth-order valence-corrected chi connectivity index (χ4v) is 4.03. The minimum atomic E-state index is -3.84. The number of esters is 1. The van der Waals surface area contributed by atoms with Crippen LogP contribution in [0.3, 0.4) is 0 Å². The van der Waals surface area contributed by atoms with Gasteiger partial charge in [-0.05, 0) is 50.2 Å². The minimum Gasteiger partial charge on any atom is -0.434 e. The molecular formula is C20H18N4O4S. The van der Waals surface area contributed by atoms with Crippen LogP contribution in [0.4, 0.5) is 11.6 Å². The lowest BCUT2D eigenvalue weighted by atomic mass is 10.1. The van der Waals surface area contributed by atoms with E-state index in [1.54, 1.807) is 44.2 Å². The Labute approximate surface area is 168 Å². The van der Waals surface area contributed by atoms with Crippen molar-refractivity contribution in [3.63, 3.8) is 0 Å². The number of nitrogens with one attached hydrogen (secondary N) is 2. The number of rotatable bonds is 5. The van der Waals surface area contributed by atoms with Crippen molar-refractivity contribution in [2.75, 3.05) is 10.0 Å². The number of cyclic esters (lactones) is 1. The number of anilines is 2. The minimum absolute atomic E-state index is 0.0270. The molecule has 0 bridgehead atoms. The van der Waals surface area contributed by atoms with E-state index < -0.39 is 22.2 Å². The van der Waals surface area contributed by atoms with Crippen molar-refractivity contribution in [3.05, 3.63) is 77.1 Å². The number of hydrogen-bond donors (Lipinski definition) is 2. The zero-order valence-corrected chi connectivity index (χ0v) is 16.5. The van der Waals surface area contributed by atoms with Crippen LogP contribution < -0.4 is 10.0 Å². The van der Waals surface area contributed by atoms with Gasteiger partial charge in [0.2, 0.25) is 12.2 Å². The molecule has 2 aromatic carbocycles. The number of benzene rings is 2. The molecule has 0 saturated heterocycles. The Morgan fingerprint density at radius 1 is 0.966 bits per heavy atom. The number of aryl methyl sites for hydroxylation is 2. The highest BCUT2D eigenvalue weighted by Gasteiger charge is 2.30. The molecule has 0 saturated carbocycles. The van der Waals surface area contributed by atoms with Crippen molar-refractivity contribution in [1.29, 1.82) is 0 Å². The Balaban J connectivity index is 1.51. The summed E-state index contributed by atoms with van der Waals surface area (Å²) in [4.78, 5) is 20.2. The first-order chi connectivity index (χ1) is 13.8. The van der Waals surface area contributed by atoms with Gasteiger partial charge >= 0.3 is 5.97 Å². The second kappa shape index (κ2) is 7.17. The lowest BCUT2D eigenvalue weighted by Crippen LogP contribution is -2.16. The molecule has 4 rings (SSSR count). The second-order valence-electron chi connectivity index (χ2n) is 6.62. The van der Waals surface area contributed by atoms with E-state index in [1.165, 1.54) is 12.1 Å². The smallest absolute Gasteiger partial charge is 0.340 e. The van der Waals surface area contributed by atoms with Crippen LogP contribution in [0.1, 0.15) is 33.5 Å². The maximum atomic E-state index is 12.6. The van der Waals surface area contributed by atoms with Gasteiger partial charge in [-0.15, -0.1) is 0 Å².